The molecule has 0 atom stereocenters. The molecular formula is C20H20ClN3O2. The molecule has 0 aliphatic heterocycles. The Bertz CT molecular complexity index is 847. The van der Waals surface area contributed by atoms with Gasteiger partial charge in [0.05, 0.1) is 6.20 Å². The number of halogens is 1. The monoisotopic (exact) mass is 369 g/mol. The largest absolute Gasteiger partial charge is 0.441 e. The number of carbonyl (C=O) groups is 1. The minimum Gasteiger partial charge on any atom is -0.441 e. The van der Waals surface area contributed by atoms with Crippen LogP contribution >= 0.6 is 11.6 Å². The average Bonchev–Trinajstić information content (AvgIpc) is 3.14. The fraction of sp³-hybridized carbons (Fsp3) is 0.250. The highest BCUT2D eigenvalue weighted by atomic mass is 35.5. The van der Waals surface area contributed by atoms with Gasteiger partial charge in [-0.2, -0.15) is 0 Å². The molecule has 2 aromatic heterocycles. The zero-order valence-corrected chi connectivity index (χ0v) is 15.3. The van der Waals surface area contributed by atoms with Crippen molar-refractivity contribution in [3.05, 3.63) is 71.5 Å². The number of hydrogen-bond acceptors (Lipinski definition) is 4. The predicted molar refractivity (Wildman–Crippen MR) is 101 cm³/mol. The van der Waals surface area contributed by atoms with Crippen LogP contribution in [0.2, 0.25) is 5.02 Å². The van der Waals surface area contributed by atoms with Crippen LogP contribution in [-0.4, -0.2) is 34.4 Å². The smallest absolute Gasteiger partial charge is 0.222 e. The highest BCUT2D eigenvalue weighted by Gasteiger charge is 2.12. The molecule has 0 spiro atoms. The van der Waals surface area contributed by atoms with Gasteiger partial charge in [-0.1, -0.05) is 17.7 Å². The van der Waals surface area contributed by atoms with E-state index in [4.69, 9.17) is 16.0 Å². The number of pyridine rings is 1. The fourth-order valence-corrected chi connectivity index (χ4v) is 2.66. The second kappa shape index (κ2) is 8.63. The molecule has 134 valence electrons. The average molecular weight is 370 g/mol. The minimum atomic E-state index is 0.0622. The first kappa shape index (κ1) is 18.1. The molecule has 0 aliphatic rings. The van der Waals surface area contributed by atoms with Gasteiger partial charge in [0, 0.05) is 55.3 Å². The van der Waals surface area contributed by atoms with E-state index in [9.17, 15) is 4.79 Å². The van der Waals surface area contributed by atoms with Crippen LogP contribution in [0.3, 0.4) is 0 Å². The van der Waals surface area contributed by atoms with E-state index in [-0.39, 0.29) is 5.91 Å². The van der Waals surface area contributed by atoms with Crippen molar-refractivity contribution in [3.63, 3.8) is 0 Å². The Morgan fingerprint density at radius 1 is 1.12 bits per heavy atom. The molecule has 0 aliphatic carbocycles. The summed E-state index contributed by atoms with van der Waals surface area (Å²) in [5, 5.41) is 0.674. The van der Waals surface area contributed by atoms with Gasteiger partial charge in [-0.15, -0.1) is 0 Å². The molecule has 0 saturated heterocycles. The van der Waals surface area contributed by atoms with Crippen molar-refractivity contribution >= 4 is 17.5 Å². The van der Waals surface area contributed by atoms with E-state index < -0.39 is 0 Å². The Labute approximate surface area is 157 Å². The molecule has 1 aromatic carbocycles. The molecule has 1 amide bonds. The van der Waals surface area contributed by atoms with E-state index >= 15 is 0 Å². The number of aryl methyl sites for hydroxylation is 1. The zero-order chi connectivity index (χ0) is 18.4. The number of benzene rings is 1. The van der Waals surface area contributed by atoms with E-state index in [0.717, 1.165) is 17.7 Å². The number of aromatic nitrogens is 2. The van der Waals surface area contributed by atoms with Gasteiger partial charge in [-0.05, 0) is 36.4 Å². The van der Waals surface area contributed by atoms with Crippen molar-refractivity contribution in [2.75, 3.05) is 13.6 Å². The lowest BCUT2D eigenvalue weighted by Gasteiger charge is -2.16. The fourth-order valence-electron chi connectivity index (χ4n) is 2.53. The molecular weight excluding hydrogens is 350 g/mol. The van der Waals surface area contributed by atoms with Crippen LogP contribution in [0, 0.1) is 0 Å². The molecule has 2 heterocycles. The second-order valence-electron chi connectivity index (χ2n) is 6.01. The normalized spacial score (nSPS) is 10.7. The van der Waals surface area contributed by atoms with Gasteiger partial charge in [0.2, 0.25) is 5.91 Å². The molecule has 26 heavy (non-hydrogen) atoms. The quantitative estimate of drug-likeness (QED) is 0.631. The summed E-state index contributed by atoms with van der Waals surface area (Å²) >= 11 is 5.89. The highest BCUT2D eigenvalue weighted by Crippen LogP contribution is 2.22. The zero-order valence-electron chi connectivity index (χ0n) is 14.6. The number of hydrogen-bond donors (Lipinski definition) is 0. The van der Waals surface area contributed by atoms with E-state index in [2.05, 4.69) is 9.97 Å². The van der Waals surface area contributed by atoms with Crippen LogP contribution in [0.1, 0.15) is 18.0 Å². The third kappa shape index (κ3) is 4.92. The van der Waals surface area contributed by atoms with Crippen molar-refractivity contribution < 1.29 is 9.21 Å². The summed E-state index contributed by atoms with van der Waals surface area (Å²) in [4.78, 5) is 22.5. The molecule has 0 fully saturated rings. The molecule has 0 N–H and O–H groups in total. The van der Waals surface area contributed by atoms with Crippen LogP contribution < -0.4 is 0 Å². The molecule has 3 aromatic rings. The van der Waals surface area contributed by atoms with Gasteiger partial charge in [0.15, 0.2) is 11.7 Å². The summed E-state index contributed by atoms with van der Waals surface area (Å²) in [6, 6.07) is 13.2. The topological polar surface area (TPSA) is 59.2 Å². The summed E-state index contributed by atoms with van der Waals surface area (Å²) in [6.07, 6.45) is 5.01. The molecule has 5 nitrogen and oxygen atoms in total. The Hall–Kier alpha value is -2.66. The summed E-state index contributed by atoms with van der Waals surface area (Å²) in [5.74, 6) is 1.29. The van der Waals surface area contributed by atoms with Crippen molar-refractivity contribution in [1.29, 1.82) is 0 Å². The van der Waals surface area contributed by atoms with Gasteiger partial charge < -0.3 is 9.32 Å². The summed E-state index contributed by atoms with van der Waals surface area (Å²) in [7, 11) is 1.81. The lowest BCUT2D eigenvalue weighted by Crippen LogP contribution is -2.29. The molecule has 0 bridgehead atoms. The number of oxazole rings is 1. The number of amides is 1. The van der Waals surface area contributed by atoms with Crippen molar-refractivity contribution in [2.24, 2.45) is 0 Å². The van der Waals surface area contributed by atoms with Crippen molar-refractivity contribution in [1.82, 2.24) is 14.9 Å². The maximum Gasteiger partial charge on any atom is 0.222 e. The lowest BCUT2D eigenvalue weighted by molar-refractivity contribution is -0.129. The van der Waals surface area contributed by atoms with Gasteiger partial charge >= 0.3 is 0 Å². The maximum atomic E-state index is 12.3. The SMILES string of the molecule is CN(CCc1ccccn1)C(=O)CCc1ncc(-c2ccc(Cl)cc2)o1. The first-order valence-electron chi connectivity index (χ1n) is 8.46. The van der Waals surface area contributed by atoms with Gasteiger partial charge in [-0.3, -0.25) is 9.78 Å². The van der Waals surface area contributed by atoms with Crippen LogP contribution in [0.5, 0.6) is 0 Å². The molecule has 0 radical (unpaired) electrons. The van der Waals surface area contributed by atoms with Crippen LogP contribution in [-0.2, 0) is 17.6 Å². The van der Waals surface area contributed by atoms with Crippen LogP contribution in [0.25, 0.3) is 11.3 Å². The van der Waals surface area contributed by atoms with Gasteiger partial charge in [0.1, 0.15) is 0 Å². The maximum absolute atomic E-state index is 12.3. The number of rotatable bonds is 7. The van der Waals surface area contributed by atoms with Crippen molar-refractivity contribution in [2.45, 2.75) is 19.3 Å². The first-order chi connectivity index (χ1) is 12.6. The third-order valence-corrected chi connectivity index (χ3v) is 4.34. The van der Waals surface area contributed by atoms with Crippen LogP contribution in [0.15, 0.2) is 59.3 Å². The first-order valence-corrected chi connectivity index (χ1v) is 8.84. The van der Waals surface area contributed by atoms with Crippen LogP contribution in [0.4, 0.5) is 0 Å². The van der Waals surface area contributed by atoms with E-state index in [1.807, 2.05) is 30.3 Å². The lowest BCUT2D eigenvalue weighted by atomic mass is 10.2. The van der Waals surface area contributed by atoms with E-state index in [0.29, 0.717) is 36.1 Å². The van der Waals surface area contributed by atoms with E-state index in [1.54, 1.807) is 36.5 Å². The Morgan fingerprint density at radius 3 is 2.65 bits per heavy atom. The van der Waals surface area contributed by atoms with Gasteiger partial charge in [-0.25, -0.2) is 4.98 Å². The summed E-state index contributed by atoms with van der Waals surface area (Å²) in [6.45, 7) is 0.636. The number of likely N-dealkylation sites (N-methyl/N-ethyl adjacent to an activating group) is 1. The van der Waals surface area contributed by atoms with Gasteiger partial charge in [0.25, 0.3) is 0 Å². The predicted octanol–water partition coefficient (Wildman–Crippen LogP) is 4.02. The molecule has 0 unspecified atom stereocenters. The number of carbonyl (C=O) groups excluding carboxylic acids is 1. The van der Waals surface area contributed by atoms with Crippen molar-refractivity contribution in [3.8, 4) is 11.3 Å². The standard InChI is InChI=1S/C20H20ClN3O2/c1-24(13-11-17-4-2-3-12-22-17)20(25)10-9-19-23-14-18(26-19)15-5-7-16(21)8-6-15/h2-8,12,14H,9-11,13H2,1H3. The third-order valence-electron chi connectivity index (χ3n) is 4.09. The minimum absolute atomic E-state index is 0.0622. The Balaban J connectivity index is 1.49. The van der Waals surface area contributed by atoms with E-state index in [1.165, 1.54) is 0 Å². The summed E-state index contributed by atoms with van der Waals surface area (Å²) in [5.41, 5.74) is 1.89. The molecule has 6 heteroatoms. The Kier molecular flexibility index (Phi) is 6.02. The second-order valence-corrected chi connectivity index (χ2v) is 6.45. The molecule has 0 saturated carbocycles. The number of nitrogens with zero attached hydrogens (tertiary/aromatic N) is 3. The molecule has 3 rings (SSSR count). The Morgan fingerprint density at radius 2 is 1.92 bits per heavy atom. The highest BCUT2D eigenvalue weighted by molar-refractivity contribution is 6.30. The summed E-state index contributed by atoms with van der Waals surface area (Å²) < 4.78 is 5.73.